The van der Waals surface area contributed by atoms with Crippen LogP contribution in [0, 0.1) is 0 Å². The maximum Gasteiger partial charge on any atom is 0.135 e. The van der Waals surface area contributed by atoms with E-state index in [-0.39, 0.29) is 12.1 Å². The van der Waals surface area contributed by atoms with Gasteiger partial charge >= 0.3 is 0 Å². The molecule has 0 spiro atoms. The molecule has 228 valence electrons. The van der Waals surface area contributed by atoms with Gasteiger partial charge in [0.05, 0.1) is 22.7 Å². The van der Waals surface area contributed by atoms with Crippen LogP contribution in [0.2, 0.25) is 0 Å². The fourth-order valence-electron chi connectivity index (χ4n) is 7.09. The van der Waals surface area contributed by atoms with E-state index < -0.39 is 0 Å². The lowest BCUT2D eigenvalue weighted by molar-refractivity contribution is 0.278. The quantitative estimate of drug-likeness (QED) is 0.164. The van der Waals surface area contributed by atoms with E-state index in [2.05, 4.69) is 102 Å². The van der Waals surface area contributed by atoms with Gasteiger partial charge in [-0.15, -0.1) is 0 Å². The van der Waals surface area contributed by atoms with Crippen LogP contribution in [0.1, 0.15) is 24.0 Å². The number of fused-ring (bicyclic) bond motifs is 6. The molecule has 9 rings (SSSR count). The summed E-state index contributed by atoms with van der Waals surface area (Å²) in [6.45, 7) is 0. The molecule has 0 bridgehead atoms. The zero-order valence-corrected chi connectivity index (χ0v) is 25.7. The highest BCUT2D eigenvalue weighted by molar-refractivity contribution is 6.06. The molecule has 0 saturated carbocycles. The number of rotatable bonds is 6. The number of benzene rings is 5. The Morgan fingerprint density at radius 3 is 2.36 bits per heavy atom. The second-order valence-corrected chi connectivity index (χ2v) is 12.4. The number of anilines is 4. The highest BCUT2D eigenvalue weighted by Gasteiger charge is 2.31. The number of nitrogens with one attached hydrogen (secondary N) is 2. The first-order valence-electron chi connectivity index (χ1n) is 16.2. The Hall–Kier alpha value is -5.94. The van der Waals surface area contributed by atoms with Crippen molar-refractivity contribution in [2.75, 3.05) is 16.4 Å². The fourth-order valence-corrected chi connectivity index (χ4v) is 7.09. The van der Waals surface area contributed by atoms with Crippen LogP contribution in [-0.2, 0) is 0 Å². The molecule has 0 saturated heterocycles. The lowest BCUT2D eigenvalue weighted by Gasteiger charge is -2.27. The predicted molar refractivity (Wildman–Crippen MR) is 194 cm³/mol. The third kappa shape index (κ3) is 4.97. The second kappa shape index (κ2) is 11.1. The molecule has 2 heterocycles. The molecular formula is C42H33N3O2. The molecule has 1 aliphatic heterocycles. The predicted octanol–water partition coefficient (Wildman–Crippen LogP) is 10.3. The lowest BCUT2D eigenvalue weighted by atomic mass is 9.84. The number of nitrogens with two attached hydrogens (primary N) is 1. The number of allylic oxidation sites excluding steroid dienone is 4. The average Bonchev–Trinajstić information content (AvgIpc) is 3.67. The molecule has 2 atom stereocenters. The van der Waals surface area contributed by atoms with E-state index in [9.17, 15) is 0 Å². The molecule has 5 nitrogen and oxygen atoms in total. The van der Waals surface area contributed by atoms with E-state index in [0.29, 0.717) is 5.69 Å². The summed E-state index contributed by atoms with van der Waals surface area (Å²) in [5.41, 5.74) is 19.0. The molecule has 2 aliphatic carbocycles. The average molecular weight is 612 g/mol. The van der Waals surface area contributed by atoms with Crippen molar-refractivity contribution in [1.82, 2.24) is 0 Å². The van der Waals surface area contributed by atoms with Crippen LogP contribution < -0.4 is 21.1 Å². The molecule has 5 aromatic carbocycles. The zero-order valence-electron chi connectivity index (χ0n) is 25.7. The zero-order chi connectivity index (χ0) is 31.3. The first-order valence-corrected chi connectivity index (χ1v) is 16.2. The summed E-state index contributed by atoms with van der Waals surface area (Å²) >= 11 is 0. The summed E-state index contributed by atoms with van der Waals surface area (Å²) in [6, 6.07) is 39.4. The van der Waals surface area contributed by atoms with E-state index >= 15 is 0 Å². The molecule has 3 aliphatic rings. The molecule has 0 radical (unpaired) electrons. The van der Waals surface area contributed by atoms with Gasteiger partial charge in [0.2, 0.25) is 0 Å². The Bertz CT molecular complexity index is 2320. The Morgan fingerprint density at radius 1 is 0.681 bits per heavy atom. The number of nitrogen functional groups attached to an aromatic ring is 1. The normalized spacial score (nSPS) is 18.4. The van der Waals surface area contributed by atoms with Crippen LogP contribution in [0.25, 0.3) is 33.1 Å². The van der Waals surface area contributed by atoms with E-state index in [1.807, 2.05) is 48.5 Å². The van der Waals surface area contributed by atoms with Crippen molar-refractivity contribution in [3.63, 3.8) is 0 Å². The summed E-state index contributed by atoms with van der Waals surface area (Å²) in [4.78, 5) is 0. The van der Waals surface area contributed by atoms with Gasteiger partial charge in [-0.2, -0.15) is 0 Å². The third-order valence-corrected chi connectivity index (χ3v) is 9.41. The van der Waals surface area contributed by atoms with Crippen LogP contribution in [-0.4, -0.2) is 12.1 Å². The number of hydrogen-bond donors (Lipinski definition) is 3. The Kier molecular flexibility index (Phi) is 6.49. The van der Waals surface area contributed by atoms with Crippen LogP contribution >= 0.6 is 0 Å². The van der Waals surface area contributed by atoms with Crippen molar-refractivity contribution in [3.8, 4) is 5.75 Å². The number of furan rings is 1. The Balaban J connectivity index is 1.11. The minimum atomic E-state index is 0.0435. The van der Waals surface area contributed by atoms with Gasteiger partial charge in [0.15, 0.2) is 0 Å². The maximum atomic E-state index is 6.29. The van der Waals surface area contributed by atoms with Crippen molar-refractivity contribution in [2.24, 2.45) is 0 Å². The molecule has 6 aromatic rings. The minimum absolute atomic E-state index is 0.0435. The van der Waals surface area contributed by atoms with E-state index in [1.54, 1.807) is 0 Å². The molecule has 0 fully saturated rings. The summed E-state index contributed by atoms with van der Waals surface area (Å²) < 4.78 is 12.5. The summed E-state index contributed by atoms with van der Waals surface area (Å²) in [7, 11) is 0. The maximum absolute atomic E-state index is 6.29. The lowest BCUT2D eigenvalue weighted by Crippen LogP contribution is -2.22. The standard InChI is InChI=1S/C42H33N3O2/c43-35-11-3-4-12-36(35)45-38-14-6-5-13-37(38)44-30-22-28(26-17-19-41-33(24-26)31-9-1-7-15-39(31)46-41)21-29(23-30)27-18-20-42-34(25-27)32-10-2-8-16-40(32)47-42/h1-19,21,23-25,30,42,44-45H,20,22,43H2. The highest BCUT2D eigenvalue weighted by atomic mass is 16.5. The molecule has 2 unspecified atom stereocenters. The van der Waals surface area contributed by atoms with Gasteiger partial charge in [0.1, 0.15) is 23.0 Å². The van der Waals surface area contributed by atoms with Crippen molar-refractivity contribution >= 4 is 55.8 Å². The molecule has 47 heavy (non-hydrogen) atoms. The second-order valence-electron chi connectivity index (χ2n) is 12.4. The third-order valence-electron chi connectivity index (χ3n) is 9.41. The van der Waals surface area contributed by atoms with E-state index in [0.717, 1.165) is 57.6 Å². The molecule has 5 heteroatoms. The highest BCUT2D eigenvalue weighted by Crippen LogP contribution is 2.44. The SMILES string of the molecule is Nc1ccccc1Nc1ccccc1NC1C=C(C2=CCC3Oc4ccccc4C3=C2)C=C(c2ccc3oc4ccccc4c3c2)C1. The topological polar surface area (TPSA) is 72.5 Å². The van der Waals surface area contributed by atoms with Gasteiger partial charge in [-0.05, 0) is 83.3 Å². The van der Waals surface area contributed by atoms with Crippen LogP contribution in [0.4, 0.5) is 22.7 Å². The van der Waals surface area contributed by atoms with E-state index in [1.165, 1.54) is 33.4 Å². The minimum Gasteiger partial charge on any atom is -0.485 e. The Labute approximate surface area is 273 Å². The first kappa shape index (κ1) is 27.4. The summed E-state index contributed by atoms with van der Waals surface area (Å²) in [5, 5.41) is 9.69. The van der Waals surface area contributed by atoms with Crippen molar-refractivity contribution in [3.05, 3.63) is 162 Å². The van der Waals surface area contributed by atoms with Crippen LogP contribution in [0.3, 0.4) is 0 Å². The van der Waals surface area contributed by atoms with Crippen molar-refractivity contribution < 1.29 is 9.15 Å². The van der Waals surface area contributed by atoms with Gasteiger partial charge < -0.3 is 25.5 Å². The Morgan fingerprint density at radius 2 is 1.45 bits per heavy atom. The van der Waals surface area contributed by atoms with Crippen LogP contribution in [0.15, 0.2) is 155 Å². The smallest absolute Gasteiger partial charge is 0.135 e. The summed E-state index contributed by atoms with van der Waals surface area (Å²) in [6.07, 6.45) is 11.1. The van der Waals surface area contributed by atoms with Gasteiger partial charge in [-0.3, -0.25) is 0 Å². The fraction of sp³-hybridized carbons (Fsp3) is 0.0952. The molecular weight excluding hydrogens is 578 g/mol. The molecule has 4 N–H and O–H groups in total. The largest absolute Gasteiger partial charge is 0.485 e. The van der Waals surface area contributed by atoms with Gasteiger partial charge in [-0.25, -0.2) is 0 Å². The number of ether oxygens (including phenoxy) is 1. The number of para-hydroxylation sites is 6. The van der Waals surface area contributed by atoms with Gasteiger partial charge in [0.25, 0.3) is 0 Å². The molecule has 1 aromatic heterocycles. The van der Waals surface area contributed by atoms with E-state index in [4.69, 9.17) is 14.9 Å². The van der Waals surface area contributed by atoms with Gasteiger partial charge in [0, 0.05) is 34.4 Å². The van der Waals surface area contributed by atoms with Crippen LogP contribution in [0.5, 0.6) is 5.75 Å². The van der Waals surface area contributed by atoms with Crippen molar-refractivity contribution in [1.29, 1.82) is 0 Å². The van der Waals surface area contributed by atoms with Crippen molar-refractivity contribution in [2.45, 2.75) is 25.0 Å². The number of hydrogen-bond acceptors (Lipinski definition) is 5. The first-order chi connectivity index (χ1) is 23.2. The monoisotopic (exact) mass is 611 g/mol. The van der Waals surface area contributed by atoms with Gasteiger partial charge in [-0.1, -0.05) is 85.0 Å². The molecule has 0 amide bonds. The summed E-state index contributed by atoms with van der Waals surface area (Å²) in [5.74, 6) is 0.968.